The first-order chi connectivity index (χ1) is 12.8. The molecule has 0 spiro atoms. The van der Waals surface area contributed by atoms with E-state index in [1.54, 1.807) is 27.0 Å². The molecular formula is C22H26N2O3. The Kier molecular flexibility index (Phi) is 7.29. The van der Waals surface area contributed by atoms with Crippen LogP contribution in [0.5, 0.6) is 0 Å². The molecule has 142 valence electrons. The number of aliphatic imine (C=N–C) groups is 1. The van der Waals surface area contributed by atoms with Crippen molar-refractivity contribution in [1.82, 2.24) is 5.32 Å². The van der Waals surface area contributed by atoms with Gasteiger partial charge < -0.3 is 10.1 Å². The molecular weight excluding hydrogens is 340 g/mol. The number of ether oxygens (including phenoxy) is 1. The molecule has 1 atom stereocenters. The van der Waals surface area contributed by atoms with Crippen molar-refractivity contribution in [3.8, 4) is 0 Å². The molecule has 1 amide bonds. The molecule has 0 aliphatic rings. The predicted molar refractivity (Wildman–Crippen MR) is 107 cm³/mol. The van der Waals surface area contributed by atoms with Gasteiger partial charge in [-0.25, -0.2) is 4.79 Å². The van der Waals surface area contributed by atoms with E-state index in [0.717, 1.165) is 11.1 Å². The van der Waals surface area contributed by atoms with E-state index in [4.69, 9.17) is 4.74 Å². The van der Waals surface area contributed by atoms with E-state index in [9.17, 15) is 9.59 Å². The smallest absolute Gasteiger partial charge is 0.329 e. The Morgan fingerprint density at radius 1 is 1.04 bits per heavy atom. The Balaban J connectivity index is 2.00. The van der Waals surface area contributed by atoms with E-state index in [1.807, 2.05) is 60.7 Å². The SMILES string of the molecule is CC(C)(C)OC(=O)[C@H](Cc1ccccc1)NC(=O)CN=Cc1ccccc1. The average Bonchev–Trinajstić information content (AvgIpc) is 2.61. The summed E-state index contributed by atoms with van der Waals surface area (Å²) in [5.41, 5.74) is 1.24. The van der Waals surface area contributed by atoms with Crippen LogP contribution in [0, 0.1) is 0 Å². The minimum Gasteiger partial charge on any atom is -0.458 e. The fraction of sp³-hybridized carbons (Fsp3) is 0.318. The summed E-state index contributed by atoms with van der Waals surface area (Å²) in [6, 6.07) is 18.3. The van der Waals surface area contributed by atoms with Crippen LogP contribution in [-0.4, -0.2) is 36.3 Å². The molecule has 0 heterocycles. The highest BCUT2D eigenvalue weighted by molar-refractivity contribution is 5.88. The van der Waals surface area contributed by atoms with Crippen molar-refractivity contribution in [2.24, 2.45) is 4.99 Å². The molecule has 5 nitrogen and oxygen atoms in total. The van der Waals surface area contributed by atoms with E-state index < -0.39 is 17.6 Å². The largest absolute Gasteiger partial charge is 0.458 e. The molecule has 2 aromatic rings. The number of nitrogens with zero attached hydrogens (tertiary/aromatic N) is 1. The number of nitrogens with one attached hydrogen (secondary N) is 1. The lowest BCUT2D eigenvalue weighted by molar-refractivity contribution is -0.158. The van der Waals surface area contributed by atoms with Gasteiger partial charge in [-0.15, -0.1) is 0 Å². The average molecular weight is 366 g/mol. The zero-order valence-electron chi connectivity index (χ0n) is 16.0. The summed E-state index contributed by atoms with van der Waals surface area (Å²) in [5.74, 6) is -0.777. The number of benzene rings is 2. The van der Waals surface area contributed by atoms with Crippen molar-refractivity contribution >= 4 is 18.1 Å². The van der Waals surface area contributed by atoms with E-state index in [2.05, 4.69) is 10.3 Å². The van der Waals surface area contributed by atoms with Gasteiger partial charge in [0.15, 0.2) is 0 Å². The molecule has 0 aliphatic carbocycles. The minimum atomic E-state index is -0.758. The first-order valence-corrected chi connectivity index (χ1v) is 8.94. The molecule has 0 radical (unpaired) electrons. The second-order valence-electron chi connectivity index (χ2n) is 7.22. The van der Waals surface area contributed by atoms with E-state index in [0.29, 0.717) is 6.42 Å². The second kappa shape index (κ2) is 9.67. The number of rotatable bonds is 7. The summed E-state index contributed by atoms with van der Waals surface area (Å²) in [6.45, 7) is 5.35. The lowest BCUT2D eigenvalue weighted by Crippen LogP contribution is -2.46. The van der Waals surface area contributed by atoms with Crippen LogP contribution in [0.3, 0.4) is 0 Å². The molecule has 27 heavy (non-hydrogen) atoms. The highest BCUT2D eigenvalue weighted by Crippen LogP contribution is 2.11. The summed E-state index contributed by atoms with van der Waals surface area (Å²) < 4.78 is 5.45. The van der Waals surface area contributed by atoms with E-state index in [-0.39, 0.29) is 12.5 Å². The Morgan fingerprint density at radius 2 is 1.63 bits per heavy atom. The van der Waals surface area contributed by atoms with Gasteiger partial charge in [-0.3, -0.25) is 9.79 Å². The van der Waals surface area contributed by atoms with Crippen molar-refractivity contribution in [2.75, 3.05) is 6.54 Å². The summed E-state index contributed by atoms with van der Waals surface area (Å²) in [5, 5.41) is 2.75. The summed E-state index contributed by atoms with van der Waals surface area (Å²) in [6.07, 6.45) is 2.00. The van der Waals surface area contributed by atoms with Gasteiger partial charge >= 0.3 is 5.97 Å². The third kappa shape index (κ3) is 7.86. The number of hydrogen-bond acceptors (Lipinski definition) is 4. The van der Waals surface area contributed by atoms with Crippen LogP contribution in [0.2, 0.25) is 0 Å². The van der Waals surface area contributed by atoms with Gasteiger partial charge in [-0.2, -0.15) is 0 Å². The molecule has 2 rings (SSSR count). The van der Waals surface area contributed by atoms with Crippen molar-refractivity contribution in [1.29, 1.82) is 0 Å². The summed E-state index contributed by atoms with van der Waals surface area (Å²) in [7, 11) is 0. The molecule has 5 heteroatoms. The topological polar surface area (TPSA) is 67.8 Å². The Hall–Kier alpha value is -2.95. The van der Waals surface area contributed by atoms with Crippen molar-refractivity contribution < 1.29 is 14.3 Å². The lowest BCUT2D eigenvalue weighted by Gasteiger charge is -2.24. The fourth-order valence-electron chi connectivity index (χ4n) is 2.43. The first kappa shape index (κ1) is 20.4. The van der Waals surface area contributed by atoms with Crippen LogP contribution in [0.1, 0.15) is 31.9 Å². The maximum atomic E-state index is 12.5. The Bertz CT molecular complexity index is 765. The standard InChI is InChI=1S/C22H26N2O3/c1-22(2,3)27-21(26)19(14-17-10-6-4-7-11-17)24-20(25)16-23-15-18-12-8-5-9-13-18/h4-13,15,19H,14,16H2,1-3H3,(H,24,25)/t19-/m0/s1. The van der Waals surface area contributed by atoms with Gasteiger partial charge in [0.25, 0.3) is 0 Å². The molecule has 0 unspecified atom stereocenters. The van der Waals surface area contributed by atoms with Crippen LogP contribution in [0.15, 0.2) is 65.7 Å². The fourth-order valence-corrected chi connectivity index (χ4v) is 2.43. The van der Waals surface area contributed by atoms with Gasteiger partial charge in [0.05, 0.1) is 0 Å². The molecule has 2 aromatic carbocycles. The number of carbonyl (C=O) groups excluding carboxylic acids is 2. The second-order valence-corrected chi connectivity index (χ2v) is 7.22. The van der Waals surface area contributed by atoms with Crippen molar-refractivity contribution in [3.63, 3.8) is 0 Å². The molecule has 1 N–H and O–H groups in total. The van der Waals surface area contributed by atoms with Gasteiger partial charge in [-0.1, -0.05) is 60.7 Å². The maximum Gasteiger partial charge on any atom is 0.329 e. The van der Waals surface area contributed by atoms with Crippen molar-refractivity contribution in [3.05, 3.63) is 71.8 Å². The number of hydrogen-bond donors (Lipinski definition) is 1. The summed E-state index contributed by atoms with van der Waals surface area (Å²) in [4.78, 5) is 28.9. The van der Waals surface area contributed by atoms with Crippen LogP contribution in [-0.2, 0) is 20.7 Å². The van der Waals surface area contributed by atoms with Gasteiger partial charge in [0.1, 0.15) is 18.2 Å². The molecule has 0 fully saturated rings. The Labute approximate surface area is 160 Å². The quantitative estimate of drug-likeness (QED) is 0.604. The number of esters is 1. The van der Waals surface area contributed by atoms with E-state index in [1.165, 1.54) is 0 Å². The van der Waals surface area contributed by atoms with Crippen molar-refractivity contribution in [2.45, 2.75) is 38.8 Å². The monoisotopic (exact) mass is 366 g/mol. The summed E-state index contributed by atoms with van der Waals surface area (Å²) >= 11 is 0. The highest BCUT2D eigenvalue weighted by Gasteiger charge is 2.26. The third-order valence-electron chi connectivity index (χ3n) is 3.58. The normalized spacial score (nSPS) is 12.6. The third-order valence-corrected chi connectivity index (χ3v) is 3.58. The van der Waals surface area contributed by atoms with Crippen LogP contribution < -0.4 is 5.32 Å². The van der Waals surface area contributed by atoms with Crippen LogP contribution >= 0.6 is 0 Å². The molecule has 0 saturated heterocycles. The van der Waals surface area contributed by atoms with Crippen LogP contribution in [0.4, 0.5) is 0 Å². The predicted octanol–water partition coefficient (Wildman–Crippen LogP) is 3.17. The minimum absolute atomic E-state index is 0.0526. The van der Waals surface area contributed by atoms with Gasteiger partial charge in [-0.05, 0) is 31.9 Å². The molecule has 0 saturated carbocycles. The zero-order chi connectivity index (χ0) is 19.7. The van der Waals surface area contributed by atoms with Crippen LogP contribution in [0.25, 0.3) is 0 Å². The van der Waals surface area contributed by atoms with Gasteiger partial charge in [0, 0.05) is 12.6 Å². The molecule has 0 aliphatic heterocycles. The first-order valence-electron chi connectivity index (χ1n) is 8.94. The molecule has 0 bridgehead atoms. The van der Waals surface area contributed by atoms with Gasteiger partial charge in [0.2, 0.25) is 5.91 Å². The Morgan fingerprint density at radius 3 is 2.22 bits per heavy atom. The highest BCUT2D eigenvalue weighted by atomic mass is 16.6. The number of carbonyl (C=O) groups is 2. The zero-order valence-corrected chi connectivity index (χ0v) is 16.0. The maximum absolute atomic E-state index is 12.5. The number of amides is 1. The van der Waals surface area contributed by atoms with E-state index >= 15 is 0 Å². The molecule has 0 aromatic heterocycles. The lowest BCUT2D eigenvalue weighted by atomic mass is 10.1.